The van der Waals surface area contributed by atoms with Gasteiger partial charge in [0.2, 0.25) is 0 Å². The van der Waals surface area contributed by atoms with Crippen LogP contribution in [0.3, 0.4) is 0 Å². The summed E-state index contributed by atoms with van der Waals surface area (Å²) in [6.07, 6.45) is 5.49. The Labute approximate surface area is 108 Å². The quantitative estimate of drug-likeness (QED) is 0.629. The van der Waals surface area contributed by atoms with Crippen molar-refractivity contribution in [3.05, 3.63) is 27.5 Å². The molecule has 1 aliphatic carbocycles. The van der Waals surface area contributed by atoms with Crippen LogP contribution in [0.1, 0.15) is 49.6 Å². The highest BCUT2D eigenvalue weighted by Gasteiger charge is 2.29. The predicted molar refractivity (Wildman–Crippen MR) is 72.3 cm³/mol. The van der Waals surface area contributed by atoms with Gasteiger partial charge < -0.3 is 5.41 Å². The number of pyridine rings is 1. The molecule has 1 aromatic heterocycles. The molecule has 2 nitrogen and oxygen atoms in total. The lowest BCUT2D eigenvalue weighted by Gasteiger charge is -2.33. The highest BCUT2D eigenvalue weighted by molar-refractivity contribution is 6.32. The second kappa shape index (κ2) is 4.41. The average Bonchev–Trinajstić information content (AvgIpc) is 2.27. The van der Waals surface area contributed by atoms with Crippen molar-refractivity contribution in [3.63, 3.8) is 0 Å². The molecule has 0 aliphatic heterocycles. The van der Waals surface area contributed by atoms with E-state index in [0.717, 1.165) is 36.9 Å². The first-order valence-electron chi connectivity index (χ1n) is 6.19. The lowest BCUT2D eigenvalue weighted by Crippen LogP contribution is -2.25. The average molecular weight is 251 g/mol. The summed E-state index contributed by atoms with van der Waals surface area (Å²) in [5.74, 6) is 0. The van der Waals surface area contributed by atoms with E-state index < -0.39 is 0 Å². The molecule has 1 aromatic rings. The molecule has 1 heterocycles. The summed E-state index contributed by atoms with van der Waals surface area (Å²) in [7, 11) is 0. The van der Waals surface area contributed by atoms with E-state index >= 15 is 0 Å². The molecular weight excluding hydrogens is 232 g/mol. The third-order valence-corrected chi connectivity index (χ3v) is 3.97. The lowest BCUT2D eigenvalue weighted by atomic mass is 9.73. The highest BCUT2D eigenvalue weighted by atomic mass is 35.5. The molecule has 0 saturated heterocycles. The van der Waals surface area contributed by atoms with Crippen molar-refractivity contribution in [1.82, 2.24) is 4.98 Å². The standard InChI is InChI=1S/C14H19ClN2/c1-4-12-10-7-14(2,3)6-5-9(10)11(8-16)13(15)17-12/h8,16H,4-7H2,1-3H3. The molecule has 1 N–H and O–H groups in total. The molecule has 2 rings (SSSR count). The van der Waals surface area contributed by atoms with Crippen LogP contribution in [-0.4, -0.2) is 11.2 Å². The molecule has 0 spiro atoms. The second-order valence-electron chi connectivity index (χ2n) is 5.56. The van der Waals surface area contributed by atoms with Crippen LogP contribution < -0.4 is 0 Å². The maximum atomic E-state index is 7.50. The van der Waals surface area contributed by atoms with Crippen LogP contribution in [0.5, 0.6) is 0 Å². The van der Waals surface area contributed by atoms with Crippen LogP contribution in [0.15, 0.2) is 0 Å². The molecular formula is C14H19ClN2. The van der Waals surface area contributed by atoms with Gasteiger partial charge in [-0.3, -0.25) is 0 Å². The molecule has 0 unspecified atom stereocenters. The van der Waals surface area contributed by atoms with E-state index in [1.165, 1.54) is 17.3 Å². The topological polar surface area (TPSA) is 36.7 Å². The SMILES string of the molecule is CCc1nc(Cl)c(C=N)c2c1CC(C)(C)CC2. The molecule has 0 aromatic carbocycles. The number of aryl methyl sites for hydroxylation is 1. The normalized spacial score (nSPS) is 17.6. The molecule has 17 heavy (non-hydrogen) atoms. The van der Waals surface area contributed by atoms with Gasteiger partial charge in [0.15, 0.2) is 0 Å². The summed E-state index contributed by atoms with van der Waals surface area (Å²) in [5.41, 5.74) is 4.88. The van der Waals surface area contributed by atoms with Crippen LogP contribution in [0.25, 0.3) is 0 Å². The number of hydrogen-bond acceptors (Lipinski definition) is 2. The molecule has 0 bridgehead atoms. The van der Waals surface area contributed by atoms with Gasteiger partial charge in [-0.25, -0.2) is 4.98 Å². The zero-order chi connectivity index (χ0) is 12.6. The number of fused-ring (bicyclic) bond motifs is 1. The van der Waals surface area contributed by atoms with Gasteiger partial charge in [-0.2, -0.15) is 0 Å². The Bertz CT molecular complexity index is 464. The molecule has 0 saturated carbocycles. The van der Waals surface area contributed by atoms with Crippen molar-refractivity contribution in [2.45, 2.75) is 46.5 Å². The third kappa shape index (κ3) is 2.23. The van der Waals surface area contributed by atoms with Crippen molar-refractivity contribution >= 4 is 17.8 Å². The summed E-state index contributed by atoms with van der Waals surface area (Å²) >= 11 is 6.15. The fourth-order valence-electron chi connectivity index (χ4n) is 2.67. The minimum Gasteiger partial charge on any atom is -0.308 e. The molecule has 0 atom stereocenters. The fraction of sp³-hybridized carbons (Fsp3) is 0.571. The first-order valence-corrected chi connectivity index (χ1v) is 6.57. The third-order valence-electron chi connectivity index (χ3n) is 3.68. The Balaban J connectivity index is 2.63. The van der Waals surface area contributed by atoms with Gasteiger partial charge in [-0.1, -0.05) is 32.4 Å². The maximum Gasteiger partial charge on any atom is 0.138 e. The van der Waals surface area contributed by atoms with Crippen LogP contribution in [0.2, 0.25) is 5.15 Å². The Morgan fingerprint density at radius 2 is 2.12 bits per heavy atom. The van der Waals surface area contributed by atoms with Gasteiger partial charge in [0, 0.05) is 17.5 Å². The Morgan fingerprint density at radius 1 is 1.41 bits per heavy atom. The number of nitrogens with one attached hydrogen (secondary N) is 1. The van der Waals surface area contributed by atoms with E-state index in [2.05, 4.69) is 25.8 Å². The minimum atomic E-state index is 0.339. The van der Waals surface area contributed by atoms with Crippen molar-refractivity contribution in [3.8, 4) is 0 Å². The number of rotatable bonds is 2. The fourth-order valence-corrected chi connectivity index (χ4v) is 2.94. The Hall–Kier alpha value is -0.890. The lowest BCUT2D eigenvalue weighted by molar-refractivity contribution is 0.313. The second-order valence-corrected chi connectivity index (χ2v) is 5.92. The first kappa shape index (κ1) is 12.6. The number of aromatic nitrogens is 1. The highest BCUT2D eigenvalue weighted by Crippen LogP contribution is 2.38. The van der Waals surface area contributed by atoms with E-state index in [0.29, 0.717) is 10.6 Å². The molecule has 3 heteroatoms. The van der Waals surface area contributed by atoms with Gasteiger partial charge in [0.1, 0.15) is 5.15 Å². The van der Waals surface area contributed by atoms with Gasteiger partial charge in [0.25, 0.3) is 0 Å². The smallest absolute Gasteiger partial charge is 0.138 e. The molecule has 1 aliphatic rings. The summed E-state index contributed by atoms with van der Waals surface area (Å²) in [4.78, 5) is 4.46. The number of halogens is 1. The molecule has 0 radical (unpaired) electrons. The number of nitrogens with zero attached hydrogens (tertiary/aromatic N) is 1. The van der Waals surface area contributed by atoms with Crippen LogP contribution >= 0.6 is 11.6 Å². The Kier molecular flexibility index (Phi) is 3.26. The largest absolute Gasteiger partial charge is 0.308 e. The minimum absolute atomic E-state index is 0.339. The van der Waals surface area contributed by atoms with E-state index in [-0.39, 0.29) is 0 Å². The van der Waals surface area contributed by atoms with Crippen molar-refractivity contribution in [2.24, 2.45) is 5.41 Å². The van der Waals surface area contributed by atoms with E-state index in [1.54, 1.807) is 0 Å². The maximum absolute atomic E-state index is 7.50. The molecule has 0 fully saturated rings. The van der Waals surface area contributed by atoms with E-state index in [1.807, 2.05) is 0 Å². The van der Waals surface area contributed by atoms with Crippen molar-refractivity contribution < 1.29 is 0 Å². The first-order chi connectivity index (χ1) is 7.98. The zero-order valence-corrected chi connectivity index (χ0v) is 11.5. The van der Waals surface area contributed by atoms with E-state index in [4.69, 9.17) is 17.0 Å². The monoisotopic (exact) mass is 250 g/mol. The summed E-state index contributed by atoms with van der Waals surface area (Å²) in [6.45, 7) is 6.72. The number of hydrogen-bond donors (Lipinski definition) is 1. The predicted octanol–water partition coefficient (Wildman–Crippen LogP) is 3.81. The van der Waals surface area contributed by atoms with Gasteiger partial charge in [-0.05, 0) is 42.2 Å². The summed E-state index contributed by atoms with van der Waals surface area (Å²) < 4.78 is 0. The van der Waals surface area contributed by atoms with Gasteiger partial charge in [0.05, 0.1) is 0 Å². The zero-order valence-electron chi connectivity index (χ0n) is 10.7. The summed E-state index contributed by atoms with van der Waals surface area (Å²) in [6, 6.07) is 0. The summed E-state index contributed by atoms with van der Waals surface area (Å²) in [5, 5.41) is 8.00. The van der Waals surface area contributed by atoms with Gasteiger partial charge in [-0.15, -0.1) is 0 Å². The van der Waals surface area contributed by atoms with Crippen LogP contribution in [0, 0.1) is 10.8 Å². The van der Waals surface area contributed by atoms with Gasteiger partial charge >= 0.3 is 0 Å². The Morgan fingerprint density at radius 3 is 2.71 bits per heavy atom. The van der Waals surface area contributed by atoms with E-state index in [9.17, 15) is 0 Å². The van der Waals surface area contributed by atoms with Crippen molar-refractivity contribution in [2.75, 3.05) is 0 Å². The van der Waals surface area contributed by atoms with Crippen LogP contribution in [-0.2, 0) is 19.3 Å². The van der Waals surface area contributed by atoms with Crippen LogP contribution in [0.4, 0.5) is 0 Å². The van der Waals surface area contributed by atoms with Crippen molar-refractivity contribution in [1.29, 1.82) is 5.41 Å². The molecule has 92 valence electrons. The molecule has 0 amide bonds.